The van der Waals surface area contributed by atoms with Gasteiger partial charge in [0.25, 0.3) is 0 Å². The molecule has 0 saturated heterocycles. The van der Waals surface area contributed by atoms with Gasteiger partial charge in [-0.25, -0.2) is 0 Å². The van der Waals surface area contributed by atoms with E-state index < -0.39 is 0 Å². The van der Waals surface area contributed by atoms with Crippen LogP contribution in [-0.4, -0.2) is 38.0 Å². The molecule has 0 heterocycles. The van der Waals surface area contributed by atoms with E-state index in [9.17, 15) is 0 Å². The van der Waals surface area contributed by atoms with Crippen LogP contribution in [0.15, 0.2) is 60.7 Å². The zero-order chi connectivity index (χ0) is 23.2. The molecule has 2 fully saturated rings. The van der Waals surface area contributed by atoms with E-state index >= 15 is 0 Å². The van der Waals surface area contributed by atoms with Crippen molar-refractivity contribution in [2.75, 3.05) is 28.2 Å². The van der Waals surface area contributed by atoms with Crippen molar-refractivity contribution in [1.29, 1.82) is 0 Å². The molecule has 2 aliphatic rings. The minimum atomic E-state index is 0. The normalized spacial score (nSPS) is 19.4. The largest absolute Gasteiger partial charge is 4.00 e. The minimum Gasteiger partial charge on any atom is -0.358 e. The second-order valence-electron chi connectivity index (χ2n) is 10.8. The number of nitrogens with zero attached hydrogens (tertiary/aromatic N) is 2. The third kappa shape index (κ3) is 7.62. The van der Waals surface area contributed by atoms with E-state index in [-0.39, 0.29) is 52.1 Å². The summed E-state index contributed by atoms with van der Waals surface area (Å²) in [6.45, 7) is 4.80. The predicted molar refractivity (Wildman–Crippen MR) is 152 cm³/mol. The molecule has 2 aromatic rings. The molecule has 0 bridgehead atoms. The van der Waals surface area contributed by atoms with Crippen LogP contribution in [0.2, 0.25) is 0 Å². The molecule has 2 aliphatic carbocycles. The van der Waals surface area contributed by atoms with Gasteiger partial charge in [-0.15, -0.1) is 0 Å². The number of rotatable bonds is 6. The number of benzene rings is 2. The zero-order valence-electron chi connectivity index (χ0n) is 24.0. The Kier molecular flexibility index (Phi) is 15.1. The maximum absolute atomic E-state index is 2.40. The maximum atomic E-state index is 2.40. The van der Waals surface area contributed by atoms with Gasteiger partial charge in [0.05, 0.1) is 0 Å². The standard InChI is InChI=1S/2C15H23N.2CH3.Zr/c2*1-15(16(2)3,14-11-7-8-12-14)13-9-5-4-6-10-13;;;/h2*4-6,9-10,14H,7-8,11-12H2,1-3H3;2*1H3;/q;;2*-1;+4. The average Bonchev–Trinajstić information content (AvgIpc) is 3.54. The summed E-state index contributed by atoms with van der Waals surface area (Å²) >= 11 is 0. The van der Waals surface area contributed by atoms with E-state index in [1.807, 2.05) is 0 Å². The molecule has 0 spiro atoms. The summed E-state index contributed by atoms with van der Waals surface area (Å²) in [5, 5.41) is 0. The first-order chi connectivity index (χ1) is 15.3. The van der Waals surface area contributed by atoms with Crippen LogP contribution in [0.3, 0.4) is 0 Å². The molecule has 2 aromatic carbocycles. The van der Waals surface area contributed by atoms with Crippen LogP contribution in [0.5, 0.6) is 0 Å². The quantitative estimate of drug-likeness (QED) is 0.331. The molecule has 0 amide bonds. The Morgan fingerprint density at radius 3 is 1.03 bits per heavy atom. The topological polar surface area (TPSA) is 6.48 Å². The van der Waals surface area contributed by atoms with Crippen molar-refractivity contribution >= 4 is 0 Å². The SMILES string of the molecule is CN(C)C(C)(c1ccccc1)C1CCCC1.CN(C)C(C)(c1ccccc1)C1CCCC1.[CH3-].[CH3-].[Zr+4]. The summed E-state index contributed by atoms with van der Waals surface area (Å²) in [7, 11) is 8.85. The summed E-state index contributed by atoms with van der Waals surface area (Å²) in [6.07, 6.45) is 11.1. The van der Waals surface area contributed by atoms with Crippen LogP contribution >= 0.6 is 0 Å². The number of hydrogen-bond acceptors (Lipinski definition) is 2. The molecule has 2 atom stereocenters. The first-order valence-electron chi connectivity index (χ1n) is 12.8. The molecule has 192 valence electrons. The van der Waals surface area contributed by atoms with Crippen molar-refractivity contribution in [3.8, 4) is 0 Å². The summed E-state index contributed by atoms with van der Waals surface area (Å²) in [5.74, 6) is 1.62. The summed E-state index contributed by atoms with van der Waals surface area (Å²) < 4.78 is 0. The zero-order valence-corrected chi connectivity index (χ0v) is 26.4. The first-order valence-corrected chi connectivity index (χ1v) is 12.8. The van der Waals surface area contributed by atoms with Gasteiger partial charge >= 0.3 is 26.2 Å². The van der Waals surface area contributed by atoms with E-state index in [2.05, 4.69) is 113 Å². The predicted octanol–water partition coefficient (Wildman–Crippen LogP) is 8.21. The minimum absolute atomic E-state index is 0. The van der Waals surface area contributed by atoms with Crippen molar-refractivity contribution in [3.05, 3.63) is 86.6 Å². The molecule has 2 nitrogen and oxygen atoms in total. The Morgan fingerprint density at radius 2 is 0.800 bits per heavy atom. The molecule has 2 unspecified atom stereocenters. The van der Waals surface area contributed by atoms with E-state index in [1.165, 1.54) is 62.5 Å². The van der Waals surface area contributed by atoms with Crippen LogP contribution in [0, 0.1) is 26.7 Å². The summed E-state index contributed by atoms with van der Waals surface area (Å²) in [6, 6.07) is 22.0. The number of hydrogen-bond donors (Lipinski definition) is 0. The molecule has 3 heteroatoms. The van der Waals surface area contributed by atoms with Gasteiger partial charge in [-0.3, -0.25) is 9.80 Å². The van der Waals surface area contributed by atoms with Gasteiger partial charge in [0.15, 0.2) is 0 Å². The Balaban J connectivity index is 0.000000608. The van der Waals surface area contributed by atoms with Crippen molar-refractivity contribution < 1.29 is 26.2 Å². The third-order valence-corrected chi connectivity index (χ3v) is 8.87. The summed E-state index contributed by atoms with van der Waals surface area (Å²) in [5.41, 5.74) is 3.34. The molecule has 35 heavy (non-hydrogen) atoms. The molecular formula is C32H52N2Zr+2. The van der Waals surface area contributed by atoms with Crippen molar-refractivity contribution in [3.63, 3.8) is 0 Å². The van der Waals surface area contributed by atoms with Gasteiger partial charge in [-0.05, 0) is 90.7 Å². The van der Waals surface area contributed by atoms with E-state index in [0.29, 0.717) is 0 Å². The van der Waals surface area contributed by atoms with Crippen molar-refractivity contribution in [2.45, 2.75) is 76.3 Å². The van der Waals surface area contributed by atoms with Gasteiger partial charge in [0.2, 0.25) is 0 Å². The van der Waals surface area contributed by atoms with Crippen LogP contribution in [0.4, 0.5) is 0 Å². The van der Waals surface area contributed by atoms with Gasteiger partial charge in [0, 0.05) is 11.1 Å². The van der Waals surface area contributed by atoms with Crippen LogP contribution in [0.25, 0.3) is 0 Å². The molecule has 0 radical (unpaired) electrons. The molecular weight excluding hydrogens is 504 g/mol. The Morgan fingerprint density at radius 1 is 0.543 bits per heavy atom. The van der Waals surface area contributed by atoms with Gasteiger partial charge in [0.1, 0.15) is 0 Å². The first kappa shape index (κ1) is 34.2. The second-order valence-corrected chi connectivity index (χ2v) is 10.8. The van der Waals surface area contributed by atoms with Gasteiger partial charge in [-0.1, -0.05) is 86.3 Å². The molecule has 0 aromatic heterocycles. The van der Waals surface area contributed by atoms with Crippen LogP contribution < -0.4 is 0 Å². The average molecular weight is 556 g/mol. The van der Waals surface area contributed by atoms with E-state index in [1.54, 1.807) is 0 Å². The Labute approximate surface area is 238 Å². The Bertz CT molecular complexity index is 725. The van der Waals surface area contributed by atoms with Crippen LogP contribution in [0.1, 0.15) is 76.3 Å². The second kappa shape index (κ2) is 15.5. The fourth-order valence-electron chi connectivity index (χ4n) is 6.25. The molecule has 4 rings (SSSR count). The van der Waals surface area contributed by atoms with Crippen LogP contribution in [-0.2, 0) is 37.3 Å². The van der Waals surface area contributed by atoms with Gasteiger partial charge < -0.3 is 14.9 Å². The van der Waals surface area contributed by atoms with Crippen molar-refractivity contribution in [2.24, 2.45) is 11.8 Å². The Hall–Kier alpha value is -0.757. The fraction of sp³-hybridized carbons (Fsp3) is 0.562. The monoisotopic (exact) mass is 554 g/mol. The van der Waals surface area contributed by atoms with Gasteiger partial charge in [-0.2, -0.15) is 0 Å². The third-order valence-electron chi connectivity index (χ3n) is 8.87. The fourth-order valence-corrected chi connectivity index (χ4v) is 6.25. The van der Waals surface area contributed by atoms with E-state index in [4.69, 9.17) is 0 Å². The van der Waals surface area contributed by atoms with E-state index in [0.717, 1.165) is 11.8 Å². The molecule has 0 N–H and O–H groups in total. The smallest absolute Gasteiger partial charge is 0.358 e. The molecule has 2 saturated carbocycles. The maximum Gasteiger partial charge on any atom is 4.00 e. The summed E-state index contributed by atoms with van der Waals surface area (Å²) in [4.78, 5) is 4.80. The van der Waals surface area contributed by atoms with Crippen molar-refractivity contribution in [1.82, 2.24) is 9.80 Å². The molecule has 0 aliphatic heterocycles.